The van der Waals surface area contributed by atoms with Crippen molar-refractivity contribution in [1.29, 1.82) is 0 Å². The summed E-state index contributed by atoms with van der Waals surface area (Å²) in [6.45, 7) is 4.35. The Bertz CT molecular complexity index is 568. The molecule has 2 aromatic heterocycles. The molecule has 2 rings (SSSR count). The Morgan fingerprint density at radius 1 is 1.47 bits per heavy atom. The highest BCUT2D eigenvalue weighted by Crippen LogP contribution is 2.14. The monoisotopic (exact) mass is 277 g/mol. The van der Waals surface area contributed by atoms with Gasteiger partial charge in [0, 0.05) is 17.0 Å². The van der Waals surface area contributed by atoms with Gasteiger partial charge in [-0.25, -0.2) is 9.97 Å². The molecule has 7 heteroatoms. The molecule has 0 aromatic carbocycles. The van der Waals surface area contributed by atoms with Crippen LogP contribution in [0.2, 0.25) is 0 Å². The lowest BCUT2D eigenvalue weighted by molar-refractivity contribution is 0.0947. The van der Waals surface area contributed by atoms with Gasteiger partial charge < -0.3 is 11.1 Å². The minimum atomic E-state index is -0.296. The second-order valence-corrected chi connectivity index (χ2v) is 5.31. The molecule has 0 aliphatic carbocycles. The Morgan fingerprint density at radius 3 is 2.89 bits per heavy atom. The van der Waals surface area contributed by atoms with Crippen LogP contribution in [0, 0.1) is 0 Å². The third kappa shape index (κ3) is 3.25. The van der Waals surface area contributed by atoms with Crippen molar-refractivity contribution in [2.45, 2.75) is 26.3 Å². The molecular weight excluding hydrogens is 262 g/mol. The third-order valence-corrected chi connectivity index (χ3v) is 3.25. The SMILES string of the molecule is CC(C)c1ncc(N)c(C(=O)NCc2cncs2)n1. The average Bonchev–Trinajstić information content (AvgIpc) is 2.89. The largest absolute Gasteiger partial charge is 0.396 e. The number of carbonyl (C=O) groups is 1. The molecule has 19 heavy (non-hydrogen) atoms. The summed E-state index contributed by atoms with van der Waals surface area (Å²) in [7, 11) is 0. The lowest BCUT2D eigenvalue weighted by atomic mass is 10.2. The van der Waals surface area contributed by atoms with Crippen LogP contribution in [-0.2, 0) is 6.54 Å². The van der Waals surface area contributed by atoms with E-state index in [2.05, 4.69) is 20.3 Å². The molecule has 0 aliphatic heterocycles. The number of nitrogens with one attached hydrogen (secondary N) is 1. The van der Waals surface area contributed by atoms with Gasteiger partial charge in [0.1, 0.15) is 5.82 Å². The Balaban J connectivity index is 2.11. The molecule has 0 saturated heterocycles. The van der Waals surface area contributed by atoms with Crippen molar-refractivity contribution < 1.29 is 4.79 Å². The predicted molar refractivity (Wildman–Crippen MR) is 73.8 cm³/mol. The van der Waals surface area contributed by atoms with Crippen LogP contribution >= 0.6 is 11.3 Å². The fourth-order valence-corrected chi connectivity index (χ4v) is 1.98. The first-order chi connectivity index (χ1) is 9.08. The van der Waals surface area contributed by atoms with Crippen LogP contribution in [0.15, 0.2) is 17.9 Å². The summed E-state index contributed by atoms with van der Waals surface area (Å²) in [5, 5.41) is 2.77. The molecule has 0 aliphatic rings. The maximum absolute atomic E-state index is 12.0. The highest BCUT2D eigenvalue weighted by molar-refractivity contribution is 7.09. The molecule has 0 unspecified atom stereocenters. The quantitative estimate of drug-likeness (QED) is 0.884. The third-order valence-electron chi connectivity index (χ3n) is 2.47. The fraction of sp³-hybridized carbons (Fsp3) is 0.333. The molecule has 2 heterocycles. The second-order valence-electron chi connectivity index (χ2n) is 4.34. The minimum Gasteiger partial charge on any atom is -0.396 e. The van der Waals surface area contributed by atoms with E-state index in [1.54, 1.807) is 11.7 Å². The van der Waals surface area contributed by atoms with E-state index >= 15 is 0 Å². The standard InChI is InChI=1S/C12H15N5OS/c1-7(2)11-15-5-9(13)10(17-11)12(18)16-4-8-3-14-6-19-8/h3,5-7H,4,13H2,1-2H3,(H,16,18). The molecule has 2 aromatic rings. The van der Waals surface area contributed by atoms with E-state index in [4.69, 9.17) is 5.73 Å². The van der Waals surface area contributed by atoms with Crippen molar-refractivity contribution in [3.05, 3.63) is 34.3 Å². The van der Waals surface area contributed by atoms with Crippen molar-refractivity contribution in [2.75, 3.05) is 5.73 Å². The summed E-state index contributed by atoms with van der Waals surface area (Å²) in [5.41, 5.74) is 7.97. The zero-order valence-corrected chi connectivity index (χ0v) is 11.6. The number of amides is 1. The lowest BCUT2D eigenvalue weighted by Gasteiger charge is -2.09. The molecule has 0 fully saturated rings. The maximum Gasteiger partial charge on any atom is 0.272 e. The summed E-state index contributed by atoms with van der Waals surface area (Å²) in [6, 6.07) is 0. The number of aromatic nitrogens is 3. The number of rotatable bonds is 4. The van der Waals surface area contributed by atoms with Gasteiger partial charge >= 0.3 is 0 Å². The number of nitrogen functional groups attached to an aromatic ring is 1. The Hall–Kier alpha value is -2.02. The van der Waals surface area contributed by atoms with Crippen LogP contribution in [-0.4, -0.2) is 20.9 Å². The number of anilines is 1. The highest BCUT2D eigenvalue weighted by atomic mass is 32.1. The first-order valence-electron chi connectivity index (χ1n) is 5.86. The molecule has 6 nitrogen and oxygen atoms in total. The van der Waals surface area contributed by atoms with E-state index in [1.165, 1.54) is 17.5 Å². The number of carbonyl (C=O) groups excluding carboxylic acids is 1. The van der Waals surface area contributed by atoms with Crippen LogP contribution in [0.25, 0.3) is 0 Å². The highest BCUT2D eigenvalue weighted by Gasteiger charge is 2.14. The minimum absolute atomic E-state index is 0.147. The number of nitrogens with two attached hydrogens (primary N) is 1. The molecule has 1 amide bonds. The normalized spacial score (nSPS) is 10.7. The topological polar surface area (TPSA) is 93.8 Å². The lowest BCUT2D eigenvalue weighted by Crippen LogP contribution is -2.25. The molecule has 0 spiro atoms. The average molecular weight is 277 g/mol. The van der Waals surface area contributed by atoms with Crippen LogP contribution in [0.3, 0.4) is 0 Å². The molecule has 0 bridgehead atoms. The van der Waals surface area contributed by atoms with Crippen LogP contribution in [0.1, 0.15) is 41.0 Å². The van der Waals surface area contributed by atoms with E-state index < -0.39 is 0 Å². The van der Waals surface area contributed by atoms with Gasteiger partial charge in [0.05, 0.1) is 23.9 Å². The van der Waals surface area contributed by atoms with Crippen molar-refractivity contribution in [1.82, 2.24) is 20.3 Å². The first kappa shape index (κ1) is 13.4. The second kappa shape index (κ2) is 5.75. The molecule has 0 saturated carbocycles. The van der Waals surface area contributed by atoms with Crippen molar-refractivity contribution in [3.63, 3.8) is 0 Å². The van der Waals surface area contributed by atoms with Gasteiger partial charge in [-0.15, -0.1) is 11.3 Å². The van der Waals surface area contributed by atoms with Gasteiger partial charge in [-0.05, 0) is 0 Å². The van der Waals surface area contributed by atoms with Crippen molar-refractivity contribution >= 4 is 22.9 Å². The Kier molecular flexibility index (Phi) is 4.06. The van der Waals surface area contributed by atoms with Gasteiger partial charge in [0.2, 0.25) is 0 Å². The van der Waals surface area contributed by atoms with E-state index in [0.29, 0.717) is 12.4 Å². The van der Waals surface area contributed by atoms with Crippen LogP contribution in [0.4, 0.5) is 5.69 Å². The maximum atomic E-state index is 12.0. The van der Waals surface area contributed by atoms with Gasteiger partial charge in [-0.1, -0.05) is 13.8 Å². The first-order valence-corrected chi connectivity index (χ1v) is 6.74. The Morgan fingerprint density at radius 2 is 2.26 bits per heavy atom. The molecule has 100 valence electrons. The summed E-state index contributed by atoms with van der Waals surface area (Å²) in [6.07, 6.45) is 3.19. The van der Waals surface area contributed by atoms with Crippen LogP contribution in [0.5, 0.6) is 0 Å². The van der Waals surface area contributed by atoms with E-state index in [0.717, 1.165) is 4.88 Å². The van der Waals surface area contributed by atoms with Gasteiger partial charge in [0.15, 0.2) is 5.69 Å². The molecular formula is C12H15N5OS. The van der Waals surface area contributed by atoms with Crippen LogP contribution < -0.4 is 11.1 Å². The predicted octanol–water partition coefficient (Wildman–Crippen LogP) is 1.57. The summed E-state index contributed by atoms with van der Waals surface area (Å²) in [4.78, 5) is 25.3. The zero-order valence-electron chi connectivity index (χ0n) is 10.8. The van der Waals surface area contributed by atoms with Gasteiger partial charge in [-0.3, -0.25) is 9.78 Å². The van der Waals surface area contributed by atoms with Gasteiger partial charge in [-0.2, -0.15) is 0 Å². The summed E-state index contributed by atoms with van der Waals surface area (Å²) < 4.78 is 0. The summed E-state index contributed by atoms with van der Waals surface area (Å²) >= 11 is 1.48. The van der Waals surface area contributed by atoms with Gasteiger partial charge in [0.25, 0.3) is 5.91 Å². The van der Waals surface area contributed by atoms with Crippen molar-refractivity contribution in [2.24, 2.45) is 0 Å². The number of hydrogen-bond donors (Lipinski definition) is 2. The molecule has 0 atom stereocenters. The van der Waals surface area contributed by atoms with Crippen molar-refractivity contribution in [3.8, 4) is 0 Å². The molecule has 0 radical (unpaired) electrons. The number of hydrogen-bond acceptors (Lipinski definition) is 6. The number of thiazole rings is 1. The molecule has 3 N–H and O–H groups in total. The zero-order chi connectivity index (χ0) is 13.8. The summed E-state index contributed by atoms with van der Waals surface area (Å²) in [5.74, 6) is 0.459. The van der Waals surface area contributed by atoms with E-state index in [1.807, 2.05) is 13.8 Å². The fourth-order valence-electron chi connectivity index (χ4n) is 1.45. The number of nitrogens with zero attached hydrogens (tertiary/aromatic N) is 3. The van der Waals surface area contributed by atoms with E-state index in [9.17, 15) is 4.79 Å². The Labute approximate surface area is 115 Å². The smallest absolute Gasteiger partial charge is 0.272 e. The van der Waals surface area contributed by atoms with E-state index in [-0.39, 0.29) is 23.2 Å².